The maximum absolute atomic E-state index is 14.2. The van der Waals surface area contributed by atoms with Crippen LogP contribution in [0.3, 0.4) is 0 Å². The van der Waals surface area contributed by atoms with Crippen molar-refractivity contribution in [1.29, 1.82) is 0 Å². The molecule has 2 aromatic carbocycles. The molecule has 3 saturated heterocycles. The Morgan fingerprint density at radius 3 is 2.30 bits per heavy atom. The molecule has 3 N–H and O–H groups in total. The third-order valence-electron chi connectivity index (χ3n) is 10.4. The minimum Gasteiger partial charge on any atom is -0.352 e. The van der Waals surface area contributed by atoms with Gasteiger partial charge in [-0.1, -0.05) is 67.6 Å². The van der Waals surface area contributed by atoms with Gasteiger partial charge in [-0.05, 0) is 74.9 Å². The molecule has 3 heterocycles. The van der Waals surface area contributed by atoms with Gasteiger partial charge in [0.2, 0.25) is 17.7 Å². The molecule has 1 spiro atoms. The largest absolute Gasteiger partial charge is 0.352 e. The van der Waals surface area contributed by atoms with E-state index < -0.39 is 11.6 Å². The maximum Gasteiger partial charge on any atom is 0.250 e. The molecule has 10 nitrogen and oxygen atoms in total. The number of hydrogen-bond donors (Lipinski definition) is 3. The predicted molar refractivity (Wildman–Crippen MR) is 182 cm³/mol. The van der Waals surface area contributed by atoms with Crippen LogP contribution in [0.5, 0.6) is 0 Å². The third kappa shape index (κ3) is 7.75. The molecule has 0 bridgehead atoms. The summed E-state index contributed by atoms with van der Waals surface area (Å²) in [6.07, 6.45) is 9.37. The molecule has 4 aliphatic rings. The molecule has 6 rings (SSSR count). The topological polar surface area (TPSA) is 114 Å². The smallest absolute Gasteiger partial charge is 0.250 e. The van der Waals surface area contributed by atoms with Crippen LogP contribution in [0.15, 0.2) is 54.6 Å². The summed E-state index contributed by atoms with van der Waals surface area (Å²) in [5.74, 6) is -0.494. The van der Waals surface area contributed by atoms with Crippen LogP contribution in [0.1, 0.15) is 69.8 Å². The van der Waals surface area contributed by atoms with E-state index in [2.05, 4.69) is 20.9 Å². The first-order valence-electron chi connectivity index (χ1n) is 17.3. The molecule has 252 valence electrons. The van der Waals surface area contributed by atoms with Gasteiger partial charge in [0.25, 0.3) is 5.91 Å². The number of nitrogens with zero attached hydrogens (tertiary/aromatic N) is 3. The highest BCUT2D eigenvalue weighted by Gasteiger charge is 2.54. The average molecular weight is 663 g/mol. The van der Waals surface area contributed by atoms with Crippen molar-refractivity contribution in [1.82, 2.24) is 25.8 Å². The van der Waals surface area contributed by atoms with E-state index in [1.165, 1.54) is 6.42 Å². The monoisotopic (exact) mass is 662 g/mol. The standard InChI is InChI=1S/C36H47ClN6O4/c37-27-16-14-26(15-17-27)23-31(40-33(45)30-13-7-8-20-38-30)34(46)41-21-18-36(19-22-41)35(47)42(25-43(36)29-11-5-2-6-12-29)24-32(44)39-28-9-3-1-4-10-28/h2,5-6,11-12,14-17,28,30-31,38H,1,3-4,7-10,13,18-25H2,(H,39,44)(H,40,45). The molecule has 4 fully saturated rings. The Balaban J connectivity index is 1.16. The van der Waals surface area contributed by atoms with Gasteiger partial charge in [-0.25, -0.2) is 0 Å². The number of carbonyl (C=O) groups is 4. The van der Waals surface area contributed by atoms with Gasteiger partial charge in [0.1, 0.15) is 18.1 Å². The van der Waals surface area contributed by atoms with Gasteiger partial charge in [0.05, 0.1) is 12.7 Å². The van der Waals surface area contributed by atoms with E-state index in [0.717, 1.165) is 62.7 Å². The highest BCUT2D eigenvalue weighted by atomic mass is 35.5. The third-order valence-corrected chi connectivity index (χ3v) is 10.6. The van der Waals surface area contributed by atoms with E-state index in [1.54, 1.807) is 21.9 Å². The summed E-state index contributed by atoms with van der Waals surface area (Å²) in [5, 5.41) is 10.1. The Labute approximate surface area is 282 Å². The number of piperidine rings is 2. The number of benzene rings is 2. The minimum atomic E-state index is -0.857. The number of amides is 4. The number of anilines is 1. The molecular formula is C36H47ClN6O4. The van der Waals surface area contributed by atoms with E-state index in [0.29, 0.717) is 44.0 Å². The Kier molecular flexibility index (Phi) is 10.7. The van der Waals surface area contributed by atoms with Crippen LogP contribution in [0.4, 0.5) is 5.69 Å². The quantitative estimate of drug-likeness (QED) is 0.378. The zero-order valence-corrected chi connectivity index (χ0v) is 27.9. The first-order valence-corrected chi connectivity index (χ1v) is 17.7. The number of rotatable bonds is 9. The summed E-state index contributed by atoms with van der Waals surface area (Å²) < 4.78 is 0. The lowest BCUT2D eigenvalue weighted by molar-refractivity contribution is -0.141. The van der Waals surface area contributed by atoms with Crippen LogP contribution in [0, 0.1) is 0 Å². The summed E-state index contributed by atoms with van der Waals surface area (Å²) in [6.45, 7) is 1.86. The fourth-order valence-electron chi connectivity index (χ4n) is 7.74. The Morgan fingerprint density at radius 2 is 1.62 bits per heavy atom. The lowest BCUT2D eigenvalue weighted by atomic mass is 9.85. The van der Waals surface area contributed by atoms with Gasteiger partial charge < -0.3 is 30.7 Å². The molecule has 2 aromatic rings. The predicted octanol–water partition coefficient (Wildman–Crippen LogP) is 3.63. The molecule has 3 aliphatic heterocycles. The molecule has 2 unspecified atom stereocenters. The van der Waals surface area contributed by atoms with Crippen molar-refractivity contribution in [3.8, 4) is 0 Å². The summed E-state index contributed by atoms with van der Waals surface area (Å²) in [4.78, 5) is 60.3. The zero-order valence-electron chi connectivity index (χ0n) is 27.1. The van der Waals surface area contributed by atoms with Crippen LogP contribution in [-0.2, 0) is 25.6 Å². The van der Waals surface area contributed by atoms with Gasteiger partial charge in [-0.15, -0.1) is 0 Å². The molecule has 4 amide bonds. The van der Waals surface area contributed by atoms with Gasteiger partial charge in [-0.3, -0.25) is 19.2 Å². The summed E-state index contributed by atoms with van der Waals surface area (Å²) >= 11 is 6.12. The van der Waals surface area contributed by atoms with E-state index >= 15 is 0 Å². The van der Waals surface area contributed by atoms with Crippen LogP contribution >= 0.6 is 11.6 Å². The SMILES string of the molecule is O=C(CN1CN(c2ccccc2)C2(CCN(C(=O)C(Cc3ccc(Cl)cc3)NC(=O)C3CCCCN3)CC2)C1=O)NC1CCCCC1. The summed E-state index contributed by atoms with van der Waals surface area (Å²) in [7, 11) is 0. The number of halogens is 1. The van der Waals surface area contributed by atoms with E-state index in [-0.39, 0.29) is 42.3 Å². The van der Waals surface area contributed by atoms with Crippen molar-refractivity contribution in [2.24, 2.45) is 0 Å². The lowest BCUT2D eigenvalue weighted by Crippen LogP contribution is -2.60. The first-order chi connectivity index (χ1) is 22.8. The van der Waals surface area contributed by atoms with Crippen molar-refractivity contribution >= 4 is 40.9 Å². The molecule has 1 saturated carbocycles. The molecule has 11 heteroatoms. The van der Waals surface area contributed by atoms with Crippen LogP contribution in [0.2, 0.25) is 5.02 Å². The molecule has 0 aromatic heterocycles. The molecule has 0 radical (unpaired) electrons. The van der Waals surface area contributed by atoms with Crippen LogP contribution in [-0.4, -0.2) is 89.9 Å². The van der Waals surface area contributed by atoms with E-state index in [1.807, 2.05) is 42.5 Å². The number of nitrogens with one attached hydrogen (secondary N) is 3. The molecular weight excluding hydrogens is 616 g/mol. The molecule has 47 heavy (non-hydrogen) atoms. The van der Waals surface area contributed by atoms with Crippen molar-refractivity contribution in [2.75, 3.05) is 37.7 Å². The van der Waals surface area contributed by atoms with Crippen LogP contribution < -0.4 is 20.9 Å². The normalized spacial score (nSPS) is 22.3. The second-order valence-corrected chi connectivity index (χ2v) is 14.0. The van der Waals surface area contributed by atoms with Gasteiger partial charge in [-0.2, -0.15) is 0 Å². The van der Waals surface area contributed by atoms with Gasteiger partial charge in [0, 0.05) is 36.3 Å². The molecule has 2 atom stereocenters. The first kappa shape index (κ1) is 33.3. The van der Waals surface area contributed by atoms with E-state index in [4.69, 9.17) is 11.6 Å². The second kappa shape index (κ2) is 15.1. The van der Waals surface area contributed by atoms with E-state index in [9.17, 15) is 19.2 Å². The minimum absolute atomic E-state index is 0.0213. The number of carbonyl (C=O) groups excluding carboxylic acids is 4. The maximum atomic E-state index is 14.2. The van der Waals surface area contributed by atoms with Crippen molar-refractivity contribution in [2.45, 2.75) is 94.3 Å². The second-order valence-electron chi connectivity index (χ2n) is 13.6. The van der Waals surface area contributed by atoms with Crippen molar-refractivity contribution in [3.63, 3.8) is 0 Å². The Bertz CT molecular complexity index is 1400. The Morgan fingerprint density at radius 1 is 0.915 bits per heavy atom. The fraction of sp³-hybridized carbons (Fsp3) is 0.556. The molecule has 1 aliphatic carbocycles. The van der Waals surface area contributed by atoms with Crippen LogP contribution in [0.25, 0.3) is 0 Å². The van der Waals surface area contributed by atoms with Gasteiger partial charge in [0.15, 0.2) is 0 Å². The van der Waals surface area contributed by atoms with Gasteiger partial charge >= 0.3 is 0 Å². The fourth-order valence-corrected chi connectivity index (χ4v) is 7.86. The average Bonchev–Trinajstić information content (AvgIpc) is 3.36. The highest BCUT2D eigenvalue weighted by Crippen LogP contribution is 2.39. The summed E-state index contributed by atoms with van der Waals surface area (Å²) in [6, 6.07) is 16.3. The highest BCUT2D eigenvalue weighted by molar-refractivity contribution is 6.30. The lowest BCUT2D eigenvalue weighted by Gasteiger charge is -2.44. The number of para-hydroxylation sites is 1. The number of likely N-dealkylation sites (tertiary alicyclic amines) is 1. The van der Waals surface area contributed by atoms with Crippen molar-refractivity contribution < 1.29 is 19.2 Å². The summed E-state index contributed by atoms with van der Waals surface area (Å²) in [5.41, 5.74) is 0.967. The number of hydrogen-bond acceptors (Lipinski definition) is 6. The Hall–Kier alpha value is -3.63. The van der Waals surface area contributed by atoms with Crippen molar-refractivity contribution in [3.05, 3.63) is 65.2 Å². The zero-order chi connectivity index (χ0) is 32.8.